The fraction of sp³-hybridized carbons (Fsp3) is 0.909. The van der Waals surface area contributed by atoms with E-state index in [0.717, 1.165) is 0 Å². The van der Waals surface area contributed by atoms with Gasteiger partial charge in [0.2, 0.25) is 0 Å². The van der Waals surface area contributed by atoms with E-state index in [9.17, 15) is 0 Å². The molecule has 0 radical (unpaired) electrons. The first-order valence-corrected chi connectivity index (χ1v) is 5.47. The number of nitriles is 1. The van der Waals surface area contributed by atoms with Gasteiger partial charge in [0, 0.05) is 12.1 Å². The molecular formula is C11H21N3. The van der Waals surface area contributed by atoms with Crippen molar-refractivity contribution in [1.29, 1.82) is 5.26 Å². The molecule has 3 heteroatoms. The molecule has 0 aromatic heterocycles. The summed E-state index contributed by atoms with van der Waals surface area (Å²) in [5.41, 5.74) is 0. The molecule has 80 valence electrons. The summed E-state index contributed by atoms with van der Waals surface area (Å²) in [6.45, 7) is 6.43. The van der Waals surface area contributed by atoms with Gasteiger partial charge in [-0.3, -0.25) is 0 Å². The zero-order valence-electron chi connectivity index (χ0n) is 9.45. The van der Waals surface area contributed by atoms with Gasteiger partial charge in [-0.05, 0) is 46.8 Å². The van der Waals surface area contributed by atoms with Crippen molar-refractivity contribution in [1.82, 2.24) is 10.2 Å². The van der Waals surface area contributed by atoms with Crippen molar-refractivity contribution < 1.29 is 0 Å². The third kappa shape index (κ3) is 3.28. The Bertz CT molecular complexity index is 201. The van der Waals surface area contributed by atoms with Gasteiger partial charge in [-0.15, -0.1) is 0 Å². The molecule has 0 amide bonds. The molecule has 0 aliphatic carbocycles. The number of nitrogens with zero attached hydrogens (tertiary/aromatic N) is 2. The zero-order chi connectivity index (χ0) is 10.6. The number of piperidine rings is 1. The molecule has 2 atom stereocenters. The molecule has 0 saturated carbocycles. The summed E-state index contributed by atoms with van der Waals surface area (Å²) in [6.07, 6.45) is 2.41. The predicted molar refractivity (Wildman–Crippen MR) is 57.9 cm³/mol. The van der Waals surface area contributed by atoms with Crippen molar-refractivity contribution in [2.75, 3.05) is 20.1 Å². The summed E-state index contributed by atoms with van der Waals surface area (Å²) in [5, 5.41) is 12.3. The summed E-state index contributed by atoms with van der Waals surface area (Å²) < 4.78 is 0. The lowest BCUT2D eigenvalue weighted by atomic mass is 10.0. The van der Waals surface area contributed by atoms with E-state index in [0.29, 0.717) is 12.1 Å². The highest BCUT2D eigenvalue weighted by Crippen LogP contribution is 2.11. The van der Waals surface area contributed by atoms with E-state index in [1.54, 1.807) is 0 Å². The van der Waals surface area contributed by atoms with Crippen LogP contribution >= 0.6 is 0 Å². The Labute approximate surface area is 87.1 Å². The van der Waals surface area contributed by atoms with Crippen molar-refractivity contribution in [3.63, 3.8) is 0 Å². The van der Waals surface area contributed by atoms with Gasteiger partial charge in [-0.25, -0.2) is 0 Å². The lowest BCUT2D eigenvalue weighted by Crippen LogP contribution is -2.45. The molecule has 1 fully saturated rings. The Morgan fingerprint density at radius 2 is 1.93 bits per heavy atom. The van der Waals surface area contributed by atoms with Crippen LogP contribution in [-0.4, -0.2) is 37.1 Å². The maximum Gasteiger partial charge on any atom is 0.0669 e. The van der Waals surface area contributed by atoms with Gasteiger partial charge in [0.15, 0.2) is 0 Å². The van der Waals surface area contributed by atoms with Crippen LogP contribution in [0.15, 0.2) is 0 Å². The van der Waals surface area contributed by atoms with E-state index in [-0.39, 0.29) is 5.92 Å². The Morgan fingerprint density at radius 1 is 1.36 bits per heavy atom. The van der Waals surface area contributed by atoms with Crippen LogP contribution in [0.3, 0.4) is 0 Å². The van der Waals surface area contributed by atoms with Crippen molar-refractivity contribution in [2.24, 2.45) is 5.92 Å². The third-order valence-corrected chi connectivity index (χ3v) is 3.17. The number of nitrogens with one attached hydrogen (secondary N) is 1. The topological polar surface area (TPSA) is 39.1 Å². The monoisotopic (exact) mass is 195 g/mol. The Morgan fingerprint density at radius 3 is 2.43 bits per heavy atom. The second-order valence-electron chi connectivity index (χ2n) is 4.45. The summed E-state index contributed by atoms with van der Waals surface area (Å²) in [4.78, 5) is 2.36. The molecule has 1 heterocycles. The smallest absolute Gasteiger partial charge is 0.0669 e. The van der Waals surface area contributed by atoms with E-state index in [4.69, 9.17) is 5.26 Å². The number of likely N-dealkylation sites (tertiary alicyclic amines) is 1. The van der Waals surface area contributed by atoms with Crippen LogP contribution < -0.4 is 5.32 Å². The molecule has 1 aliphatic rings. The SMILES string of the molecule is CC(C#N)C(C)NC1CCN(C)CC1. The van der Waals surface area contributed by atoms with E-state index in [1.165, 1.54) is 25.9 Å². The highest BCUT2D eigenvalue weighted by atomic mass is 15.1. The minimum Gasteiger partial charge on any atom is -0.310 e. The maximum atomic E-state index is 8.78. The quantitative estimate of drug-likeness (QED) is 0.736. The van der Waals surface area contributed by atoms with Crippen LogP contribution in [0.4, 0.5) is 0 Å². The summed E-state index contributed by atoms with van der Waals surface area (Å²) in [6, 6.07) is 3.21. The van der Waals surface area contributed by atoms with Crippen molar-refractivity contribution in [3.8, 4) is 6.07 Å². The largest absolute Gasteiger partial charge is 0.310 e. The number of hydrogen-bond donors (Lipinski definition) is 1. The molecule has 14 heavy (non-hydrogen) atoms. The van der Waals surface area contributed by atoms with Crippen LogP contribution in [0.25, 0.3) is 0 Å². The average molecular weight is 195 g/mol. The van der Waals surface area contributed by atoms with Gasteiger partial charge in [0.1, 0.15) is 0 Å². The Balaban J connectivity index is 2.28. The lowest BCUT2D eigenvalue weighted by Gasteiger charge is -2.32. The van der Waals surface area contributed by atoms with E-state index in [1.807, 2.05) is 6.92 Å². The third-order valence-electron chi connectivity index (χ3n) is 3.17. The molecule has 1 aliphatic heterocycles. The van der Waals surface area contributed by atoms with Crippen LogP contribution in [0.1, 0.15) is 26.7 Å². The Kier molecular flexibility index (Phi) is 4.37. The molecular weight excluding hydrogens is 174 g/mol. The summed E-state index contributed by atoms with van der Waals surface area (Å²) in [7, 11) is 2.16. The van der Waals surface area contributed by atoms with Crippen LogP contribution in [-0.2, 0) is 0 Å². The normalized spacial score (nSPS) is 24.1. The van der Waals surface area contributed by atoms with E-state index >= 15 is 0 Å². The predicted octanol–water partition coefficient (Wildman–Crippen LogP) is 1.22. The molecule has 0 spiro atoms. The van der Waals surface area contributed by atoms with Crippen LogP contribution in [0.2, 0.25) is 0 Å². The second kappa shape index (κ2) is 5.33. The molecule has 1 saturated heterocycles. The fourth-order valence-corrected chi connectivity index (χ4v) is 1.80. The minimum atomic E-state index is 0.106. The summed E-state index contributed by atoms with van der Waals surface area (Å²) in [5.74, 6) is 0.106. The second-order valence-corrected chi connectivity index (χ2v) is 4.45. The van der Waals surface area contributed by atoms with E-state index < -0.39 is 0 Å². The van der Waals surface area contributed by atoms with Gasteiger partial charge in [-0.2, -0.15) is 5.26 Å². The van der Waals surface area contributed by atoms with Gasteiger partial charge < -0.3 is 10.2 Å². The molecule has 0 aromatic carbocycles. The Hall–Kier alpha value is -0.590. The fourth-order valence-electron chi connectivity index (χ4n) is 1.80. The van der Waals surface area contributed by atoms with Gasteiger partial charge in [-0.1, -0.05) is 0 Å². The van der Waals surface area contributed by atoms with Gasteiger partial charge >= 0.3 is 0 Å². The lowest BCUT2D eigenvalue weighted by molar-refractivity contribution is 0.221. The van der Waals surface area contributed by atoms with Crippen molar-refractivity contribution >= 4 is 0 Å². The van der Waals surface area contributed by atoms with E-state index in [2.05, 4.69) is 30.3 Å². The summed E-state index contributed by atoms with van der Waals surface area (Å²) >= 11 is 0. The van der Waals surface area contributed by atoms with Gasteiger partial charge in [0.05, 0.1) is 12.0 Å². The molecule has 1 rings (SSSR count). The maximum absolute atomic E-state index is 8.78. The molecule has 0 bridgehead atoms. The zero-order valence-corrected chi connectivity index (χ0v) is 9.45. The molecule has 0 aromatic rings. The molecule has 1 N–H and O–H groups in total. The highest BCUT2D eigenvalue weighted by molar-refractivity contribution is 4.89. The first-order chi connectivity index (χ1) is 6.63. The molecule has 2 unspecified atom stereocenters. The standard InChI is InChI=1S/C11H21N3/c1-9(8-12)10(2)13-11-4-6-14(3)7-5-11/h9-11,13H,4-7H2,1-3H3. The number of rotatable bonds is 3. The van der Waals surface area contributed by atoms with Crippen LogP contribution in [0, 0.1) is 17.2 Å². The van der Waals surface area contributed by atoms with Crippen LogP contribution in [0.5, 0.6) is 0 Å². The highest BCUT2D eigenvalue weighted by Gasteiger charge is 2.20. The minimum absolute atomic E-state index is 0.106. The van der Waals surface area contributed by atoms with Crippen molar-refractivity contribution in [2.45, 2.75) is 38.8 Å². The average Bonchev–Trinajstić information content (AvgIpc) is 2.20. The first kappa shape index (κ1) is 11.5. The van der Waals surface area contributed by atoms with Crippen molar-refractivity contribution in [3.05, 3.63) is 0 Å². The number of hydrogen-bond acceptors (Lipinski definition) is 3. The first-order valence-electron chi connectivity index (χ1n) is 5.47. The molecule has 3 nitrogen and oxygen atoms in total. The van der Waals surface area contributed by atoms with Gasteiger partial charge in [0.25, 0.3) is 0 Å².